The molecule has 0 unspecified atom stereocenters. The van der Waals surface area contributed by atoms with Gasteiger partial charge in [0.15, 0.2) is 29.0 Å². The zero-order valence-electron chi connectivity index (χ0n) is 11.9. The van der Waals surface area contributed by atoms with Gasteiger partial charge in [-0.2, -0.15) is 0 Å². The Morgan fingerprint density at radius 1 is 1.00 bits per heavy atom. The number of rotatable bonds is 3. The van der Waals surface area contributed by atoms with Gasteiger partial charge in [0.2, 0.25) is 5.91 Å². The van der Waals surface area contributed by atoms with Crippen LogP contribution in [0.1, 0.15) is 5.56 Å². The minimum absolute atomic E-state index is 0.0743. The van der Waals surface area contributed by atoms with Crippen molar-refractivity contribution >= 4 is 11.6 Å². The molecule has 2 aromatic carbocycles. The summed E-state index contributed by atoms with van der Waals surface area (Å²) in [6, 6.07) is 6.72. The fourth-order valence-corrected chi connectivity index (χ4v) is 2.20. The largest absolute Gasteiger partial charge is 0.486 e. The van der Waals surface area contributed by atoms with Crippen LogP contribution in [0.3, 0.4) is 0 Å². The van der Waals surface area contributed by atoms with Crippen LogP contribution < -0.4 is 14.8 Å². The average molecular weight is 323 g/mol. The zero-order valence-corrected chi connectivity index (χ0v) is 11.9. The van der Waals surface area contributed by atoms with Crippen molar-refractivity contribution in [2.24, 2.45) is 0 Å². The van der Waals surface area contributed by atoms with Gasteiger partial charge in [-0.05, 0) is 29.8 Å². The predicted octanol–water partition coefficient (Wildman–Crippen LogP) is 3.06. The fraction of sp³-hybridized carbons (Fsp3) is 0.188. The van der Waals surface area contributed by atoms with Crippen molar-refractivity contribution in [1.82, 2.24) is 0 Å². The van der Waals surface area contributed by atoms with Gasteiger partial charge in [0.1, 0.15) is 13.2 Å². The molecule has 0 saturated carbocycles. The van der Waals surface area contributed by atoms with Gasteiger partial charge >= 0.3 is 0 Å². The summed E-state index contributed by atoms with van der Waals surface area (Å²) in [5.41, 5.74) is 0.209. The Kier molecular flexibility index (Phi) is 4.10. The number of hydrogen-bond donors (Lipinski definition) is 1. The van der Waals surface area contributed by atoms with Gasteiger partial charge in [-0.25, -0.2) is 13.2 Å². The van der Waals surface area contributed by atoms with Crippen molar-refractivity contribution in [3.8, 4) is 11.5 Å². The van der Waals surface area contributed by atoms with Crippen LogP contribution in [-0.4, -0.2) is 19.1 Å². The molecule has 0 bridgehead atoms. The molecule has 1 amide bonds. The summed E-state index contributed by atoms with van der Waals surface area (Å²) in [7, 11) is 0. The summed E-state index contributed by atoms with van der Waals surface area (Å²) in [5.74, 6) is -3.81. The number of nitrogens with one attached hydrogen (secondary N) is 1. The fourth-order valence-electron chi connectivity index (χ4n) is 2.20. The molecule has 3 rings (SSSR count). The molecule has 120 valence electrons. The van der Waals surface area contributed by atoms with E-state index in [1.807, 2.05) is 0 Å². The van der Waals surface area contributed by atoms with Gasteiger partial charge in [-0.1, -0.05) is 6.07 Å². The molecule has 0 radical (unpaired) electrons. The molecule has 0 fully saturated rings. The number of benzene rings is 2. The number of carbonyl (C=O) groups is 1. The van der Waals surface area contributed by atoms with Gasteiger partial charge in [0.05, 0.1) is 12.1 Å². The van der Waals surface area contributed by atoms with Crippen LogP contribution in [0.5, 0.6) is 11.5 Å². The maximum Gasteiger partial charge on any atom is 0.228 e. The van der Waals surface area contributed by atoms with E-state index in [0.717, 1.165) is 12.1 Å². The molecule has 2 aromatic rings. The van der Waals surface area contributed by atoms with Crippen LogP contribution in [0.2, 0.25) is 0 Å². The first-order valence-electron chi connectivity index (χ1n) is 6.86. The van der Waals surface area contributed by atoms with E-state index in [0.29, 0.717) is 30.3 Å². The number of amides is 1. The van der Waals surface area contributed by atoms with Gasteiger partial charge in [-0.3, -0.25) is 4.79 Å². The molecule has 7 heteroatoms. The SMILES string of the molecule is O=C(Cc1ccc2c(c1)OCCO2)Nc1ccc(F)c(F)c1F. The summed E-state index contributed by atoms with van der Waals surface area (Å²) >= 11 is 0. The van der Waals surface area contributed by atoms with Crippen LogP contribution in [-0.2, 0) is 11.2 Å². The monoisotopic (exact) mass is 323 g/mol. The second-order valence-corrected chi connectivity index (χ2v) is 4.93. The van der Waals surface area contributed by atoms with Gasteiger partial charge < -0.3 is 14.8 Å². The van der Waals surface area contributed by atoms with E-state index in [2.05, 4.69) is 5.32 Å². The third-order valence-electron chi connectivity index (χ3n) is 3.28. The second kappa shape index (κ2) is 6.20. The normalized spacial score (nSPS) is 12.8. The highest BCUT2D eigenvalue weighted by molar-refractivity contribution is 5.92. The highest BCUT2D eigenvalue weighted by atomic mass is 19.2. The third-order valence-corrected chi connectivity index (χ3v) is 3.28. The molecule has 0 saturated heterocycles. The van der Waals surface area contributed by atoms with E-state index >= 15 is 0 Å². The Balaban J connectivity index is 1.71. The summed E-state index contributed by atoms with van der Waals surface area (Å²) in [5, 5.41) is 2.21. The minimum atomic E-state index is -1.62. The molecule has 1 aliphatic rings. The first-order chi connectivity index (χ1) is 11.0. The highest BCUT2D eigenvalue weighted by Gasteiger charge is 2.17. The van der Waals surface area contributed by atoms with E-state index in [1.165, 1.54) is 0 Å². The Bertz CT molecular complexity index is 764. The summed E-state index contributed by atoms with van der Waals surface area (Å²) in [6.45, 7) is 0.880. The van der Waals surface area contributed by atoms with Crippen molar-refractivity contribution < 1.29 is 27.4 Å². The molecule has 0 spiro atoms. The lowest BCUT2D eigenvalue weighted by Crippen LogP contribution is -2.17. The Hall–Kier alpha value is -2.70. The van der Waals surface area contributed by atoms with E-state index in [4.69, 9.17) is 9.47 Å². The number of anilines is 1. The smallest absolute Gasteiger partial charge is 0.228 e. The molecule has 0 atom stereocenters. The number of fused-ring (bicyclic) bond motifs is 1. The van der Waals surface area contributed by atoms with Crippen molar-refractivity contribution in [2.75, 3.05) is 18.5 Å². The van der Waals surface area contributed by atoms with Gasteiger partial charge in [0.25, 0.3) is 0 Å². The number of hydrogen-bond acceptors (Lipinski definition) is 3. The first kappa shape index (κ1) is 15.2. The van der Waals surface area contributed by atoms with Gasteiger partial charge in [0, 0.05) is 0 Å². The van der Waals surface area contributed by atoms with Crippen LogP contribution in [0.4, 0.5) is 18.9 Å². The molecular formula is C16H12F3NO3. The predicted molar refractivity (Wildman–Crippen MR) is 76.1 cm³/mol. The summed E-state index contributed by atoms with van der Waals surface area (Å²) in [4.78, 5) is 11.9. The topological polar surface area (TPSA) is 47.6 Å². The summed E-state index contributed by atoms with van der Waals surface area (Å²) in [6.07, 6.45) is -0.0743. The Morgan fingerprint density at radius 2 is 1.74 bits per heavy atom. The van der Waals surface area contributed by atoms with Crippen LogP contribution in [0, 0.1) is 17.5 Å². The third kappa shape index (κ3) is 3.23. The lowest BCUT2D eigenvalue weighted by molar-refractivity contribution is -0.115. The summed E-state index contributed by atoms with van der Waals surface area (Å²) < 4.78 is 50.3. The minimum Gasteiger partial charge on any atom is -0.486 e. The first-order valence-corrected chi connectivity index (χ1v) is 6.86. The highest BCUT2D eigenvalue weighted by Crippen LogP contribution is 2.31. The molecule has 0 aliphatic carbocycles. The molecule has 1 aliphatic heterocycles. The molecule has 1 heterocycles. The van der Waals surface area contributed by atoms with E-state index < -0.39 is 29.0 Å². The second-order valence-electron chi connectivity index (χ2n) is 4.93. The van der Waals surface area contributed by atoms with Crippen molar-refractivity contribution in [2.45, 2.75) is 6.42 Å². The average Bonchev–Trinajstić information content (AvgIpc) is 2.55. The molecule has 1 N–H and O–H groups in total. The maximum absolute atomic E-state index is 13.5. The Labute approximate surface area is 129 Å². The number of ether oxygens (including phenoxy) is 2. The number of halogens is 3. The Morgan fingerprint density at radius 3 is 2.52 bits per heavy atom. The lowest BCUT2D eigenvalue weighted by Gasteiger charge is -2.18. The molecule has 23 heavy (non-hydrogen) atoms. The van der Waals surface area contributed by atoms with Crippen molar-refractivity contribution in [3.63, 3.8) is 0 Å². The zero-order chi connectivity index (χ0) is 16.4. The quantitative estimate of drug-likeness (QED) is 0.883. The van der Waals surface area contributed by atoms with Crippen LogP contribution in [0.15, 0.2) is 30.3 Å². The molecular weight excluding hydrogens is 311 g/mol. The standard InChI is InChI=1S/C16H12F3NO3/c17-10-2-3-11(16(19)15(10)18)20-14(21)8-9-1-4-12-13(7-9)23-6-5-22-12/h1-4,7H,5-6,8H2,(H,20,21). The van der Waals surface area contributed by atoms with Crippen molar-refractivity contribution in [1.29, 1.82) is 0 Å². The van der Waals surface area contributed by atoms with Gasteiger partial charge in [-0.15, -0.1) is 0 Å². The maximum atomic E-state index is 13.5. The molecule has 0 aromatic heterocycles. The van der Waals surface area contributed by atoms with E-state index in [1.54, 1.807) is 18.2 Å². The van der Waals surface area contributed by atoms with Crippen LogP contribution in [0.25, 0.3) is 0 Å². The number of carbonyl (C=O) groups excluding carboxylic acids is 1. The van der Waals surface area contributed by atoms with E-state index in [9.17, 15) is 18.0 Å². The molecule has 4 nitrogen and oxygen atoms in total. The van der Waals surface area contributed by atoms with Crippen LogP contribution >= 0.6 is 0 Å². The lowest BCUT2D eigenvalue weighted by atomic mass is 10.1. The van der Waals surface area contributed by atoms with Crippen molar-refractivity contribution in [3.05, 3.63) is 53.3 Å². The van der Waals surface area contributed by atoms with E-state index in [-0.39, 0.29) is 6.42 Å².